The van der Waals surface area contributed by atoms with Crippen LogP contribution in [0.25, 0.3) is 0 Å². The van der Waals surface area contributed by atoms with E-state index in [1.807, 2.05) is 0 Å². The summed E-state index contributed by atoms with van der Waals surface area (Å²) in [6.45, 7) is -0.457. The number of carbonyl (C=O) groups is 1. The van der Waals surface area contributed by atoms with E-state index in [2.05, 4.69) is 5.32 Å². The van der Waals surface area contributed by atoms with Crippen LogP contribution in [0.15, 0.2) is 66.7 Å². The Morgan fingerprint density at radius 2 is 1.72 bits per heavy atom. The Labute approximate surface area is 195 Å². The van der Waals surface area contributed by atoms with E-state index < -0.39 is 21.7 Å². The number of nitrogens with zero attached hydrogens (tertiary/aromatic N) is 1. The second-order valence-electron chi connectivity index (χ2n) is 6.79. The number of amides is 1. The molecule has 3 rings (SSSR count). The number of hydrogen-bond acceptors (Lipinski definition) is 4. The summed E-state index contributed by atoms with van der Waals surface area (Å²) < 4.78 is 45.1. The van der Waals surface area contributed by atoms with E-state index in [9.17, 15) is 17.6 Å². The average molecular weight is 497 g/mol. The zero-order chi connectivity index (χ0) is 23.3. The molecule has 0 radical (unpaired) electrons. The van der Waals surface area contributed by atoms with E-state index in [4.69, 9.17) is 27.9 Å². The van der Waals surface area contributed by atoms with Crippen LogP contribution in [0.5, 0.6) is 5.75 Å². The van der Waals surface area contributed by atoms with E-state index in [0.717, 1.165) is 10.6 Å². The topological polar surface area (TPSA) is 75.7 Å². The van der Waals surface area contributed by atoms with Crippen molar-refractivity contribution in [2.75, 3.05) is 22.5 Å². The molecular weight excluding hydrogens is 478 g/mol. The van der Waals surface area contributed by atoms with E-state index >= 15 is 0 Å². The first-order valence-corrected chi connectivity index (χ1v) is 11.9. The van der Waals surface area contributed by atoms with Gasteiger partial charge < -0.3 is 10.1 Å². The Hall–Kier alpha value is -2.81. The number of anilines is 2. The lowest BCUT2D eigenvalue weighted by Gasteiger charge is -2.23. The van der Waals surface area contributed by atoms with Gasteiger partial charge in [0.15, 0.2) is 6.61 Å². The second-order valence-corrected chi connectivity index (χ2v) is 9.49. The van der Waals surface area contributed by atoms with Gasteiger partial charge in [0, 0.05) is 5.56 Å². The molecule has 0 aliphatic carbocycles. The van der Waals surface area contributed by atoms with Crippen LogP contribution in [-0.4, -0.2) is 27.2 Å². The van der Waals surface area contributed by atoms with Crippen LogP contribution < -0.4 is 14.4 Å². The minimum atomic E-state index is -3.68. The summed E-state index contributed by atoms with van der Waals surface area (Å²) in [6.07, 6.45) is 1.05. The Kier molecular flexibility index (Phi) is 7.60. The van der Waals surface area contributed by atoms with Gasteiger partial charge in [0.25, 0.3) is 5.91 Å². The van der Waals surface area contributed by atoms with Crippen molar-refractivity contribution in [3.05, 3.63) is 88.2 Å². The van der Waals surface area contributed by atoms with E-state index in [0.29, 0.717) is 22.1 Å². The number of nitrogens with one attached hydrogen (secondary N) is 1. The van der Waals surface area contributed by atoms with Gasteiger partial charge in [-0.2, -0.15) is 0 Å². The van der Waals surface area contributed by atoms with Gasteiger partial charge >= 0.3 is 0 Å². The van der Waals surface area contributed by atoms with Gasteiger partial charge in [-0.05, 0) is 42.5 Å². The fraction of sp³-hybridized carbons (Fsp3) is 0.136. The summed E-state index contributed by atoms with van der Waals surface area (Å²) in [5.41, 5.74) is 0.938. The third-order valence-corrected chi connectivity index (χ3v) is 6.35. The Morgan fingerprint density at radius 3 is 2.38 bits per heavy atom. The number of sulfonamides is 1. The van der Waals surface area contributed by atoms with Gasteiger partial charge in [-0.1, -0.05) is 47.5 Å². The highest BCUT2D eigenvalue weighted by Crippen LogP contribution is 2.29. The number of benzene rings is 3. The van der Waals surface area contributed by atoms with Crippen LogP contribution >= 0.6 is 23.2 Å². The predicted octanol–water partition coefficient (Wildman–Crippen LogP) is 5.12. The molecule has 1 N–H and O–H groups in total. The molecule has 0 heterocycles. The zero-order valence-electron chi connectivity index (χ0n) is 16.9. The van der Waals surface area contributed by atoms with Gasteiger partial charge in [-0.3, -0.25) is 9.10 Å². The minimum Gasteiger partial charge on any atom is -0.484 e. The molecule has 3 aromatic rings. The highest BCUT2D eigenvalue weighted by atomic mass is 35.5. The highest BCUT2D eigenvalue weighted by Gasteiger charge is 2.19. The van der Waals surface area contributed by atoms with Crippen LogP contribution in [0.4, 0.5) is 15.8 Å². The number of halogens is 3. The van der Waals surface area contributed by atoms with Gasteiger partial charge in [-0.15, -0.1) is 0 Å². The molecule has 0 fully saturated rings. The molecule has 0 aliphatic heterocycles. The van der Waals surface area contributed by atoms with Crippen LogP contribution in [0.1, 0.15) is 5.56 Å². The second kappa shape index (κ2) is 10.2. The van der Waals surface area contributed by atoms with Crippen molar-refractivity contribution >= 4 is 50.5 Å². The van der Waals surface area contributed by atoms with Crippen LogP contribution in [0.3, 0.4) is 0 Å². The first-order valence-electron chi connectivity index (χ1n) is 9.33. The summed E-state index contributed by atoms with van der Waals surface area (Å²) in [5.74, 6) is -0.595. The minimum absolute atomic E-state index is 0.158. The molecule has 3 aromatic carbocycles. The number of carbonyl (C=O) groups excluding carboxylic acids is 1. The molecule has 0 atom stereocenters. The van der Waals surface area contributed by atoms with Crippen molar-refractivity contribution in [1.82, 2.24) is 0 Å². The van der Waals surface area contributed by atoms with Crippen LogP contribution in [-0.2, 0) is 21.4 Å². The van der Waals surface area contributed by atoms with Crippen molar-refractivity contribution in [3.63, 3.8) is 0 Å². The molecular formula is C22H19Cl2FN2O4S. The largest absolute Gasteiger partial charge is 0.484 e. The molecule has 10 heteroatoms. The van der Waals surface area contributed by atoms with Crippen molar-refractivity contribution in [2.24, 2.45) is 0 Å². The Bertz CT molecular complexity index is 1220. The molecule has 168 valence electrons. The summed E-state index contributed by atoms with van der Waals surface area (Å²) >= 11 is 12.0. The molecule has 6 nitrogen and oxygen atoms in total. The molecule has 0 aliphatic rings. The normalized spacial score (nSPS) is 11.1. The van der Waals surface area contributed by atoms with Gasteiger partial charge in [0.05, 0.1) is 34.2 Å². The zero-order valence-corrected chi connectivity index (χ0v) is 19.2. The molecule has 0 unspecified atom stereocenters. The van der Waals surface area contributed by atoms with E-state index in [-0.39, 0.29) is 23.7 Å². The maximum atomic E-state index is 14.0. The first-order chi connectivity index (χ1) is 15.1. The third kappa shape index (κ3) is 6.12. The lowest BCUT2D eigenvalue weighted by atomic mass is 10.2. The fourth-order valence-electron chi connectivity index (χ4n) is 2.83. The number of rotatable bonds is 8. The molecule has 32 heavy (non-hydrogen) atoms. The summed E-state index contributed by atoms with van der Waals surface area (Å²) in [4.78, 5) is 12.1. The smallest absolute Gasteiger partial charge is 0.262 e. The Morgan fingerprint density at radius 1 is 1.03 bits per heavy atom. The lowest BCUT2D eigenvalue weighted by molar-refractivity contribution is -0.118. The Balaban J connectivity index is 1.67. The first kappa shape index (κ1) is 23.8. The molecule has 0 saturated carbocycles. The van der Waals surface area contributed by atoms with E-state index in [1.165, 1.54) is 42.5 Å². The van der Waals surface area contributed by atoms with Crippen LogP contribution in [0.2, 0.25) is 10.0 Å². The lowest BCUT2D eigenvalue weighted by Crippen LogP contribution is -2.29. The van der Waals surface area contributed by atoms with E-state index in [1.54, 1.807) is 24.3 Å². The molecule has 0 saturated heterocycles. The average Bonchev–Trinajstić information content (AvgIpc) is 2.74. The SMILES string of the molecule is CS(=O)(=O)N(Cc1ccccc1F)c1ccc(OCC(=O)Nc2cccc(Cl)c2Cl)cc1. The maximum absolute atomic E-state index is 14.0. The van der Waals surface area contributed by atoms with Gasteiger partial charge in [-0.25, -0.2) is 12.8 Å². The molecule has 0 bridgehead atoms. The van der Waals surface area contributed by atoms with Crippen molar-refractivity contribution in [2.45, 2.75) is 6.54 Å². The van der Waals surface area contributed by atoms with Gasteiger partial charge in [0.2, 0.25) is 10.0 Å². The molecule has 0 aromatic heterocycles. The highest BCUT2D eigenvalue weighted by molar-refractivity contribution is 7.92. The quantitative estimate of drug-likeness (QED) is 0.469. The number of hydrogen-bond donors (Lipinski definition) is 1. The molecule has 0 spiro atoms. The van der Waals surface area contributed by atoms with Crippen molar-refractivity contribution in [3.8, 4) is 5.75 Å². The summed E-state index contributed by atoms with van der Waals surface area (Å²) in [5, 5.41) is 3.14. The van der Waals surface area contributed by atoms with Crippen molar-refractivity contribution in [1.29, 1.82) is 0 Å². The van der Waals surface area contributed by atoms with Crippen LogP contribution in [0, 0.1) is 5.82 Å². The number of ether oxygens (including phenoxy) is 1. The predicted molar refractivity (Wildman–Crippen MR) is 124 cm³/mol. The van der Waals surface area contributed by atoms with Gasteiger partial charge in [0.1, 0.15) is 11.6 Å². The molecule has 1 amide bonds. The monoisotopic (exact) mass is 496 g/mol. The fourth-order valence-corrected chi connectivity index (χ4v) is 4.05. The maximum Gasteiger partial charge on any atom is 0.262 e. The summed E-state index contributed by atoms with van der Waals surface area (Å²) in [7, 11) is -3.68. The standard InChI is InChI=1S/C22H19Cl2FN2O4S/c1-32(29,30)27(13-15-5-2-3-7-19(15)25)16-9-11-17(12-10-16)31-14-21(28)26-20-8-4-6-18(23)22(20)24/h2-12H,13-14H2,1H3,(H,26,28). The summed E-state index contributed by atoms with van der Waals surface area (Å²) in [6, 6.07) is 16.9. The van der Waals surface area contributed by atoms with Crippen molar-refractivity contribution < 1.29 is 22.3 Å². The third-order valence-electron chi connectivity index (χ3n) is 4.39.